The quantitative estimate of drug-likeness (QED) is 0.197. The fourth-order valence-electron chi connectivity index (χ4n) is 7.41. The number of rotatable bonds is 3. The van der Waals surface area contributed by atoms with E-state index in [1.165, 1.54) is 82.7 Å². The van der Waals surface area contributed by atoms with Crippen molar-refractivity contribution in [1.29, 1.82) is 0 Å². The highest BCUT2D eigenvalue weighted by Gasteiger charge is 2.37. The molecule has 7 aromatic rings. The molecule has 0 spiro atoms. The van der Waals surface area contributed by atoms with E-state index in [9.17, 15) is 0 Å². The first-order valence-corrected chi connectivity index (χ1v) is 14.9. The van der Waals surface area contributed by atoms with Gasteiger partial charge in [0.2, 0.25) is 0 Å². The molecule has 0 N–H and O–H groups in total. The average molecular weight is 537 g/mol. The van der Waals surface area contributed by atoms with E-state index in [4.69, 9.17) is 0 Å². The molecule has 0 unspecified atom stereocenters. The van der Waals surface area contributed by atoms with E-state index >= 15 is 0 Å². The molecular formula is C42H32. The van der Waals surface area contributed by atoms with Crippen LogP contribution in [0.2, 0.25) is 0 Å². The van der Waals surface area contributed by atoms with Crippen LogP contribution in [0.3, 0.4) is 0 Å². The van der Waals surface area contributed by atoms with Crippen LogP contribution in [-0.2, 0) is 5.41 Å². The number of hydrogen-bond donors (Lipinski definition) is 0. The lowest BCUT2D eigenvalue weighted by atomic mass is 9.80. The first kappa shape index (κ1) is 24.8. The molecule has 1 aliphatic rings. The predicted octanol–water partition coefficient (Wildman–Crippen LogP) is 11.6. The molecule has 0 radical (unpaired) electrons. The third-order valence-corrected chi connectivity index (χ3v) is 9.34. The SMILES string of the molecule is Cc1ccc2c(-c3ccccc3-c3ccccc3)c3ccccc3c(-c3cccc4c3-c3ccccc3C4(C)C)c2c1. The first-order valence-electron chi connectivity index (χ1n) is 14.9. The molecular weight excluding hydrogens is 504 g/mol. The summed E-state index contributed by atoms with van der Waals surface area (Å²) in [6, 6.07) is 51.6. The van der Waals surface area contributed by atoms with Gasteiger partial charge in [-0.3, -0.25) is 0 Å². The minimum absolute atomic E-state index is 0.0436. The molecule has 200 valence electrons. The normalized spacial score (nSPS) is 13.3. The van der Waals surface area contributed by atoms with Crippen LogP contribution in [0.5, 0.6) is 0 Å². The Hall–Kier alpha value is -4.94. The van der Waals surface area contributed by atoms with E-state index < -0.39 is 0 Å². The summed E-state index contributed by atoms with van der Waals surface area (Å²) in [6.07, 6.45) is 0. The Balaban J connectivity index is 1.53. The second-order valence-electron chi connectivity index (χ2n) is 12.2. The standard InChI is InChI=1S/C42H32/c1-27-24-25-33-36(26-27)40(35-21-13-23-38-41(35)34-20-11-12-22-37(34)42(38,2)3)32-19-10-9-18-31(32)39(33)30-17-8-7-16-29(30)28-14-5-4-6-15-28/h4-26H,1-3H3. The van der Waals surface area contributed by atoms with Gasteiger partial charge in [-0.2, -0.15) is 0 Å². The van der Waals surface area contributed by atoms with Gasteiger partial charge >= 0.3 is 0 Å². The Morgan fingerprint density at radius 2 is 0.929 bits per heavy atom. The zero-order valence-electron chi connectivity index (χ0n) is 24.3. The van der Waals surface area contributed by atoms with Crippen LogP contribution in [0, 0.1) is 6.92 Å². The summed E-state index contributed by atoms with van der Waals surface area (Å²) in [7, 11) is 0. The van der Waals surface area contributed by atoms with Crippen LogP contribution in [0.4, 0.5) is 0 Å². The van der Waals surface area contributed by atoms with E-state index in [-0.39, 0.29) is 5.41 Å². The van der Waals surface area contributed by atoms with Crippen molar-refractivity contribution in [3.63, 3.8) is 0 Å². The van der Waals surface area contributed by atoms with Gasteiger partial charge in [-0.15, -0.1) is 0 Å². The molecule has 7 aromatic carbocycles. The Morgan fingerprint density at radius 3 is 1.69 bits per heavy atom. The van der Waals surface area contributed by atoms with Gasteiger partial charge in [-0.1, -0.05) is 159 Å². The van der Waals surface area contributed by atoms with Crippen molar-refractivity contribution in [1.82, 2.24) is 0 Å². The summed E-state index contributed by atoms with van der Waals surface area (Å²) in [5, 5.41) is 5.18. The summed E-state index contributed by atoms with van der Waals surface area (Å²) in [5.41, 5.74) is 14.5. The summed E-state index contributed by atoms with van der Waals surface area (Å²) in [5.74, 6) is 0. The zero-order valence-corrected chi connectivity index (χ0v) is 24.3. The van der Waals surface area contributed by atoms with Gasteiger partial charge in [0.15, 0.2) is 0 Å². The molecule has 42 heavy (non-hydrogen) atoms. The van der Waals surface area contributed by atoms with Crippen molar-refractivity contribution in [3.05, 3.63) is 156 Å². The molecule has 0 amide bonds. The largest absolute Gasteiger partial charge is 0.0622 e. The second kappa shape index (κ2) is 9.29. The number of aryl methyl sites for hydroxylation is 1. The number of fused-ring (bicyclic) bond motifs is 5. The summed E-state index contributed by atoms with van der Waals surface area (Å²) in [6.45, 7) is 6.95. The van der Waals surface area contributed by atoms with E-state index in [0.29, 0.717) is 0 Å². The maximum atomic E-state index is 2.40. The molecule has 8 rings (SSSR count). The lowest BCUT2D eigenvalue weighted by Crippen LogP contribution is -2.14. The van der Waals surface area contributed by atoms with Crippen molar-refractivity contribution in [2.24, 2.45) is 0 Å². The summed E-state index contributed by atoms with van der Waals surface area (Å²) < 4.78 is 0. The van der Waals surface area contributed by atoms with Crippen molar-refractivity contribution >= 4 is 21.5 Å². The van der Waals surface area contributed by atoms with Crippen molar-refractivity contribution < 1.29 is 0 Å². The zero-order chi connectivity index (χ0) is 28.4. The predicted molar refractivity (Wildman–Crippen MR) is 180 cm³/mol. The van der Waals surface area contributed by atoms with Crippen molar-refractivity contribution in [2.75, 3.05) is 0 Å². The van der Waals surface area contributed by atoms with Gasteiger partial charge in [0.25, 0.3) is 0 Å². The van der Waals surface area contributed by atoms with Gasteiger partial charge in [0, 0.05) is 5.41 Å². The summed E-state index contributed by atoms with van der Waals surface area (Å²) in [4.78, 5) is 0. The van der Waals surface area contributed by atoms with Crippen molar-refractivity contribution in [2.45, 2.75) is 26.2 Å². The topological polar surface area (TPSA) is 0 Å². The Labute approximate surface area is 247 Å². The molecule has 0 aromatic heterocycles. The maximum Gasteiger partial charge on any atom is 0.0159 e. The number of benzene rings is 7. The lowest BCUT2D eigenvalue weighted by molar-refractivity contribution is 0.660. The lowest BCUT2D eigenvalue weighted by Gasteiger charge is -2.23. The van der Waals surface area contributed by atoms with Crippen LogP contribution in [0.25, 0.3) is 66.1 Å². The van der Waals surface area contributed by atoms with Gasteiger partial charge in [0.1, 0.15) is 0 Å². The highest BCUT2D eigenvalue weighted by atomic mass is 14.4. The third-order valence-electron chi connectivity index (χ3n) is 9.34. The van der Waals surface area contributed by atoms with Gasteiger partial charge in [0.05, 0.1) is 0 Å². The molecule has 0 heterocycles. The van der Waals surface area contributed by atoms with Gasteiger partial charge in [-0.05, 0) is 84.1 Å². The minimum atomic E-state index is -0.0436. The first-order chi connectivity index (χ1) is 20.5. The molecule has 1 aliphatic carbocycles. The van der Waals surface area contributed by atoms with Crippen LogP contribution in [-0.4, -0.2) is 0 Å². The van der Waals surface area contributed by atoms with Crippen LogP contribution in [0.1, 0.15) is 30.5 Å². The molecule has 0 nitrogen and oxygen atoms in total. The molecule has 0 saturated carbocycles. The van der Waals surface area contributed by atoms with E-state index in [2.05, 4.69) is 160 Å². The molecule has 0 saturated heterocycles. The summed E-state index contributed by atoms with van der Waals surface area (Å²) >= 11 is 0. The van der Waals surface area contributed by atoms with Crippen molar-refractivity contribution in [3.8, 4) is 44.5 Å². The number of hydrogen-bond acceptors (Lipinski definition) is 0. The van der Waals surface area contributed by atoms with Crippen LogP contribution >= 0.6 is 0 Å². The molecule has 0 atom stereocenters. The van der Waals surface area contributed by atoms with Crippen LogP contribution in [0.15, 0.2) is 140 Å². The Kier molecular flexibility index (Phi) is 5.49. The van der Waals surface area contributed by atoms with Gasteiger partial charge < -0.3 is 0 Å². The van der Waals surface area contributed by atoms with E-state index in [1.807, 2.05) is 0 Å². The second-order valence-corrected chi connectivity index (χ2v) is 12.2. The fraction of sp³-hybridized carbons (Fsp3) is 0.0952. The Morgan fingerprint density at radius 1 is 0.381 bits per heavy atom. The highest BCUT2D eigenvalue weighted by molar-refractivity contribution is 6.23. The van der Waals surface area contributed by atoms with Gasteiger partial charge in [-0.25, -0.2) is 0 Å². The molecule has 0 fully saturated rings. The Bertz CT molecular complexity index is 2160. The monoisotopic (exact) mass is 536 g/mol. The van der Waals surface area contributed by atoms with E-state index in [1.54, 1.807) is 0 Å². The molecule has 0 bridgehead atoms. The van der Waals surface area contributed by atoms with E-state index in [0.717, 1.165) is 0 Å². The maximum absolute atomic E-state index is 2.40. The minimum Gasteiger partial charge on any atom is -0.0622 e. The average Bonchev–Trinajstić information content (AvgIpc) is 3.27. The highest BCUT2D eigenvalue weighted by Crippen LogP contribution is 2.54. The molecule has 0 aliphatic heterocycles. The third kappa shape index (κ3) is 3.55. The molecule has 0 heteroatoms. The van der Waals surface area contributed by atoms with Crippen LogP contribution < -0.4 is 0 Å². The smallest absolute Gasteiger partial charge is 0.0159 e. The fourth-order valence-corrected chi connectivity index (χ4v) is 7.41.